The second-order valence-electron chi connectivity index (χ2n) is 3.34. The van der Waals surface area contributed by atoms with Crippen LogP contribution in [0.2, 0.25) is 0 Å². The van der Waals surface area contributed by atoms with Gasteiger partial charge in [0.2, 0.25) is 0 Å². The molecule has 1 fully saturated rings. The van der Waals surface area contributed by atoms with Crippen LogP contribution >= 0.6 is 11.6 Å². The fourth-order valence-electron chi connectivity index (χ4n) is 1.61. The second kappa shape index (κ2) is 6.70. The Bertz CT molecular complexity index is 103. The summed E-state index contributed by atoms with van der Waals surface area (Å²) in [5.74, 6) is 0.722. The Balaban J connectivity index is 1.91. The lowest BCUT2D eigenvalue weighted by Crippen LogP contribution is -2.36. The van der Waals surface area contributed by atoms with E-state index in [1.165, 1.54) is 38.9 Å². The Morgan fingerprint density at radius 1 is 1.08 bits per heavy atom. The maximum absolute atomic E-state index is 5.55. The first-order chi connectivity index (χ1) is 5.93. The van der Waals surface area contributed by atoms with Gasteiger partial charge in [0.15, 0.2) is 0 Å². The van der Waals surface area contributed by atoms with Crippen LogP contribution in [0.15, 0.2) is 0 Å². The fourth-order valence-corrected chi connectivity index (χ4v) is 1.75. The van der Waals surface area contributed by atoms with Gasteiger partial charge in [-0.1, -0.05) is 6.42 Å². The van der Waals surface area contributed by atoms with Gasteiger partial charge in [0.25, 0.3) is 0 Å². The summed E-state index contributed by atoms with van der Waals surface area (Å²) in [4.78, 5) is 2.53. The van der Waals surface area contributed by atoms with Crippen LogP contribution in [-0.4, -0.2) is 43.5 Å². The maximum Gasteiger partial charge on any atom is 0.0348 e. The fraction of sp³-hybridized carbons (Fsp3) is 1.00. The molecule has 1 N–H and O–H groups in total. The lowest BCUT2D eigenvalue weighted by atomic mass is 10.1. The van der Waals surface area contributed by atoms with Gasteiger partial charge in [-0.2, -0.15) is 0 Å². The van der Waals surface area contributed by atoms with Crippen molar-refractivity contribution < 1.29 is 0 Å². The van der Waals surface area contributed by atoms with Gasteiger partial charge in [-0.05, 0) is 25.9 Å². The number of halogens is 1. The largest absolute Gasteiger partial charge is 0.314 e. The van der Waals surface area contributed by atoms with Crippen molar-refractivity contribution in [3.05, 3.63) is 0 Å². The van der Waals surface area contributed by atoms with Crippen molar-refractivity contribution in [1.29, 1.82) is 0 Å². The van der Waals surface area contributed by atoms with E-state index in [9.17, 15) is 0 Å². The van der Waals surface area contributed by atoms with Crippen LogP contribution in [0.3, 0.4) is 0 Å². The van der Waals surface area contributed by atoms with Crippen molar-refractivity contribution in [2.24, 2.45) is 0 Å². The van der Waals surface area contributed by atoms with E-state index in [1.807, 2.05) is 0 Å². The average molecular weight is 191 g/mol. The highest BCUT2D eigenvalue weighted by molar-refractivity contribution is 6.18. The lowest BCUT2D eigenvalue weighted by Gasteiger charge is -2.26. The van der Waals surface area contributed by atoms with Gasteiger partial charge in [0, 0.05) is 25.5 Å². The number of nitrogens with one attached hydrogen (secondary N) is 1. The number of hydrogen-bond donors (Lipinski definition) is 1. The minimum atomic E-state index is 0.722. The van der Waals surface area contributed by atoms with E-state index >= 15 is 0 Å². The Morgan fingerprint density at radius 3 is 2.50 bits per heavy atom. The molecule has 12 heavy (non-hydrogen) atoms. The van der Waals surface area contributed by atoms with Crippen LogP contribution in [0.4, 0.5) is 0 Å². The van der Waals surface area contributed by atoms with Crippen LogP contribution in [0.5, 0.6) is 0 Å². The van der Waals surface area contributed by atoms with Gasteiger partial charge in [-0.15, -0.1) is 11.6 Å². The number of likely N-dealkylation sites (tertiary alicyclic amines) is 1. The van der Waals surface area contributed by atoms with Crippen molar-refractivity contribution in [2.75, 3.05) is 38.6 Å². The van der Waals surface area contributed by atoms with E-state index in [0.717, 1.165) is 19.0 Å². The van der Waals surface area contributed by atoms with E-state index in [4.69, 9.17) is 11.6 Å². The third kappa shape index (κ3) is 4.29. The zero-order valence-electron chi connectivity index (χ0n) is 7.69. The summed E-state index contributed by atoms with van der Waals surface area (Å²) in [5.41, 5.74) is 0. The van der Waals surface area contributed by atoms with Crippen molar-refractivity contribution in [3.8, 4) is 0 Å². The second-order valence-corrected chi connectivity index (χ2v) is 3.72. The summed E-state index contributed by atoms with van der Waals surface area (Å²) in [7, 11) is 0. The molecule has 0 aromatic heterocycles. The summed E-state index contributed by atoms with van der Waals surface area (Å²) in [5, 5.41) is 3.31. The molecule has 3 heteroatoms. The molecule has 1 saturated heterocycles. The lowest BCUT2D eigenvalue weighted by molar-refractivity contribution is 0.229. The summed E-state index contributed by atoms with van der Waals surface area (Å²) in [6.45, 7) is 5.81. The van der Waals surface area contributed by atoms with E-state index in [1.54, 1.807) is 0 Å². The van der Waals surface area contributed by atoms with Crippen LogP contribution in [0.25, 0.3) is 0 Å². The molecule has 1 aliphatic heterocycles. The Morgan fingerprint density at radius 2 is 1.83 bits per heavy atom. The molecule has 1 rings (SSSR count). The SMILES string of the molecule is ClCCNCCN1CCCCC1. The summed E-state index contributed by atoms with van der Waals surface area (Å²) in [6, 6.07) is 0. The van der Waals surface area contributed by atoms with Gasteiger partial charge >= 0.3 is 0 Å². The standard InChI is InChI=1S/C9H19ClN2/c10-4-5-11-6-9-12-7-2-1-3-8-12/h11H,1-9H2. The van der Waals surface area contributed by atoms with E-state index in [0.29, 0.717) is 0 Å². The highest BCUT2D eigenvalue weighted by Gasteiger charge is 2.08. The van der Waals surface area contributed by atoms with Crippen molar-refractivity contribution in [3.63, 3.8) is 0 Å². The molecule has 0 unspecified atom stereocenters. The van der Waals surface area contributed by atoms with Crippen LogP contribution in [0.1, 0.15) is 19.3 Å². The van der Waals surface area contributed by atoms with Crippen LogP contribution in [-0.2, 0) is 0 Å². The van der Waals surface area contributed by atoms with Crippen molar-refractivity contribution >= 4 is 11.6 Å². The van der Waals surface area contributed by atoms with Gasteiger partial charge in [0.05, 0.1) is 0 Å². The number of alkyl halides is 1. The predicted molar refractivity (Wildman–Crippen MR) is 53.9 cm³/mol. The number of piperidine rings is 1. The number of rotatable bonds is 5. The van der Waals surface area contributed by atoms with Crippen LogP contribution < -0.4 is 5.32 Å². The van der Waals surface area contributed by atoms with Gasteiger partial charge in [-0.25, -0.2) is 0 Å². The van der Waals surface area contributed by atoms with Gasteiger partial charge in [-0.3, -0.25) is 0 Å². The zero-order chi connectivity index (χ0) is 8.65. The minimum absolute atomic E-state index is 0.722. The molecule has 0 aliphatic carbocycles. The average Bonchev–Trinajstić information content (AvgIpc) is 2.14. The first-order valence-electron chi connectivity index (χ1n) is 4.92. The molecule has 0 bridgehead atoms. The smallest absolute Gasteiger partial charge is 0.0348 e. The monoisotopic (exact) mass is 190 g/mol. The predicted octanol–water partition coefficient (Wildman–Crippen LogP) is 1.30. The Labute approximate surface area is 80.3 Å². The summed E-state index contributed by atoms with van der Waals surface area (Å²) < 4.78 is 0. The van der Waals surface area contributed by atoms with E-state index in [-0.39, 0.29) is 0 Å². The molecular weight excluding hydrogens is 172 g/mol. The highest BCUT2D eigenvalue weighted by atomic mass is 35.5. The first-order valence-corrected chi connectivity index (χ1v) is 5.46. The van der Waals surface area contributed by atoms with Crippen molar-refractivity contribution in [1.82, 2.24) is 10.2 Å². The molecule has 2 nitrogen and oxygen atoms in total. The van der Waals surface area contributed by atoms with Gasteiger partial charge < -0.3 is 10.2 Å². The molecule has 72 valence electrons. The van der Waals surface area contributed by atoms with E-state index in [2.05, 4.69) is 10.2 Å². The topological polar surface area (TPSA) is 15.3 Å². The quantitative estimate of drug-likeness (QED) is 0.520. The van der Waals surface area contributed by atoms with Crippen molar-refractivity contribution in [2.45, 2.75) is 19.3 Å². The summed E-state index contributed by atoms with van der Waals surface area (Å²) >= 11 is 5.55. The molecule has 0 amide bonds. The Hall–Kier alpha value is 0.210. The zero-order valence-corrected chi connectivity index (χ0v) is 8.45. The molecule has 0 spiro atoms. The highest BCUT2D eigenvalue weighted by Crippen LogP contribution is 2.06. The van der Waals surface area contributed by atoms with E-state index < -0.39 is 0 Å². The molecule has 0 atom stereocenters. The molecule has 1 aliphatic rings. The number of nitrogens with zero attached hydrogens (tertiary/aromatic N) is 1. The van der Waals surface area contributed by atoms with Crippen LogP contribution in [0, 0.1) is 0 Å². The Kier molecular flexibility index (Phi) is 5.74. The molecule has 1 heterocycles. The first kappa shape index (κ1) is 10.3. The normalized spacial score (nSPS) is 19.8. The molecule has 0 radical (unpaired) electrons. The maximum atomic E-state index is 5.55. The van der Waals surface area contributed by atoms with Gasteiger partial charge in [0.1, 0.15) is 0 Å². The number of hydrogen-bond acceptors (Lipinski definition) is 2. The summed E-state index contributed by atoms with van der Waals surface area (Å²) in [6.07, 6.45) is 4.19. The molecular formula is C9H19ClN2. The molecule has 0 saturated carbocycles. The third-order valence-electron chi connectivity index (χ3n) is 2.32. The molecule has 0 aromatic rings. The third-order valence-corrected chi connectivity index (χ3v) is 2.51. The molecule has 0 aromatic carbocycles. The minimum Gasteiger partial charge on any atom is -0.314 e.